The highest BCUT2D eigenvalue weighted by molar-refractivity contribution is 9.10. The van der Waals surface area contributed by atoms with Gasteiger partial charge in [0.1, 0.15) is 5.82 Å². The highest BCUT2D eigenvalue weighted by Crippen LogP contribution is 2.28. The summed E-state index contributed by atoms with van der Waals surface area (Å²) in [7, 11) is 0. The minimum Gasteiger partial charge on any atom is -0.310 e. The molecule has 1 nitrogen and oxygen atoms in total. The zero-order valence-electron chi connectivity index (χ0n) is 12.7. The Hall–Kier alpha value is -1.19. The van der Waals surface area contributed by atoms with Crippen molar-refractivity contribution in [1.29, 1.82) is 0 Å². The molecule has 0 aliphatic carbocycles. The summed E-state index contributed by atoms with van der Waals surface area (Å²) in [6.45, 7) is 7.12. The second-order valence-corrected chi connectivity index (χ2v) is 6.19. The molecule has 2 rings (SSSR count). The number of nitrogens with one attached hydrogen (secondary N) is 1. The van der Waals surface area contributed by atoms with Gasteiger partial charge in [0, 0.05) is 10.5 Å². The van der Waals surface area contributed by atoms with E-state index in [1.165, 1.54) is 17.2 Å². The molecule has 1 N–H and O–H groups in total. The minimum absolute atomic E-state index is 0.170. The molecular formula is C18H21BrFN. The average Bonchev–Trinajstić information content (AvgIpc) is 2.45. The van der Waals surface area contributed by atoms with Crippen molar-refractivity contribution in [2.75, 3.05) is 6.54 Å². The molecule has 0 amide bonds. The van der Waals surface area contributed by atoms with Crippen molar-refractivity contribution < 1.29 is 4.39 Å². The molecular weight excluding hydrogens is 329 g/mol. The Kier molecular flexibility index (Phi) is 5.54. The van der Waals surface area contributed by atoms with Crippen LogP contribution in [0.2, 0.25) is 0 Å². The van der Waals surface area contributed by atoms with Crippen LogP contribution in [0, 0.1) is 19.7 Å². The van der Waals surface area contributed by atoms with Gasteiger partial charge in [-0.15, -0.1) is 0 Å². The SMILES string of the molecule is CCNC(Cc1cc(F)ccc1C)c1cccc(Br)c1C. The van der Waals surface area contributed by atoms with Gasteiger partial charge in [-0.2, -0.15) is 0 Å². The molecule has 0 saturated carbocycles. The number of rotatable bonds is 5. The van der Waals surface area contributed by atoms with E-state index in [1.807, 2.05) is 13.0 Å². The van der Waals surface area contributed by atoms with E-state index < -0.39 is 0 Å². The predicted molar refractivity (Wildman–Crippen MR) is 90.1 cm³/mol. The van der Waals surface area contributed by atoms with Crippen LogP contribution in [0.1, 0.15) is 35.2 Å². The van der Waals surface area contributed by atoms with Gasteiger partial charge in [-0.05, 0) is 67.3 Å². The first-order valence-corrected chi connectivity index (χ1v) is 8.05. The summed E-state index contributed by atoms with van der Waals surface area (Å²) in [6.07, 6.45) is 0.786. The maximum absolute atomic E-state index is 13.5. The number of hydrogen-bond donors (Lipinski definition) is 1. The van der Waals surface area contributed by atoms with Crippen LogP contribution in [-0.2, 0) is 6.42 Å². The van der Waals surface area contributed by atoms with Gasteiger partial charge in [-0.3, -0.25) is 0 Å². The fraction of sp³-hybridized carbons (Fsp3) is 0.333. The van der Waals surface area contributed by atoms with Gasteiger partial charge in [0.2, 0.25) is 0 Å². The summed E-state index contributed by atoms with van der Waals surface area (Å²) in [6, 6.07) is 11.4. The second kappa shape index (κ2) is 7.19. The van der Waals surface area contributed by atoms with Crippen molar-refractivity contribution in [2.24, 2.45) is 0 Å². The third kappa shape index (κ3) is 3.92. The molecule has 0 saturated heterocycles. The average molecular weight is 350 g/mol. The van der Waals surface area contributed by atoms with Crippen molar-refractivity contribution in [2.45, 2.75) is 33.2 Å². The van der Waals surface area contributed by atoms with Crippen LogP contribution in [0.4, 0.5) is 4.39 Å². The third-order valence-electron chi connectivity index (χ3n) is 3.87. The van der Waals surface area contributed by atoms with E-state index in [1.54, 1.807) is 6.07 Å². The molecule has 0 fully saturated rings. The molecule has 2 aromatic rings. The molecule has 0 bridgehead atoms. The van der Waals surface area contributed by atoms with E-state index in [-0.39, 0.29) is 11.9 Å². The first-order valence-electron chi connectivity index (χ1n) is 7.26. The van der Waals surface area contributed by atoms with Crippen LogP contribution >= 0.6 is 15.9 Å². The zero-order chi connectivity index (χ0) is 15.4. The molecule has 3 heteroatoms. The molecule has 0 aliphatic rings. The molecule has 0 aliphatic heterocycles. The molecule has 21 heavy (non-hydrogen) atoms. The summed E-state index contributed by atoms with van der Waals surface area (Å²) < 4.78 is 14.6. The van der Waals surface area contributed by atoms with E-state index in [9.17, 15) is 4.39 Å². The van der Waals surface area contributed by atoms with E-state index in [2.05, 4.69) is 53.3 Å². The quantitative estimate of drug-likeness (QED) is 0.791. The van der Waals surface area contributed by atoms with E-state index in [0.29, 0.717) is 0 Å². The fourth-order valence-electron chi connectivity index (χ4n) is 2.62. The standard InChI is InChI=1S/C18H21BrFN/c1-4-21-18(16-6-5-7-17(19)13(16)3)11-14-10-15(20)9-8-12(14)2/h5-10,18,21H,4,11H2,1-3H3. The van der Waals surface area contributed by atoms with Crippen molar-refractivity contribution in [3.8, 4) is 0 Å². The molecule has 1 unspecified atom stereocenters. The summed E-state index contributed by atoms with van der Waals surface area (Å²) in [5.74, 6) is -0.170. The van der Waals surface area contributed by atoms with Gasteiger partial charge in [-0.1, -0.05) is 41.1 Å². The number of aryl methyl sites for hydroxylation is 1. The Morgan fingerprint density at radius 3 is 2.67 bits per heavy atom. The fourth-order valence-corrected chi connectivity index (χ4v) is 3.00. The summed E-state index contributed by atoms with van der Waals surface area (Å²) >= 11 is 3.59. The van der Waals surface area contributed by atoms with Crippen molar-refractivity contribution in [3.05, 3.63) is 68.9 Å². The van der Waals surface area contributed by atoms with Crippen molar-refractivity contribution in [3.63, 3.8) is 0 Å². The molecule has 2 aromatic carbocycles. The van der Waals surface area contributed by atoms with E-state index in [0.717, 1.165) is 28.6 Å². The largest absolute Gasteiger partial charge is 0.310 e. The van der Waals surface area contributed by atoms with Gasteiger partial charge in [0.25, 0.3) is 0 Å². The molecule has 0 spiro atoms. The Morgan fingerprint density at radius 2 is 1.95 bits per heavy atom. The molecule has 0 heterocycles. The first kappa shape index (κ1) is 16.2. The highest BCUT2D eigenvalue weighted by atomic mass is 79.9. The van der Waals surface area contributed by atoms with Crippen LogP contribution < -0.4 is 5.32 Å². The van der Waals surface area contributed by atoms with Crippen LogP contribution in [0.5, 0.6) is 0 Å². The lowest BCUT2D eigenvalue weighted by Gasteiger charge is -2.22. The lowest BCUT2D eigenvalue weighted by molar-refractivity contribution is 0.543. The Morgan fingerprint density at radius 1 is 1.19 bits per heavy atom. The Balaban J connectivity index is 2.35. The summed E-state index contributed by atoms with van der Waals surface area (Å²) in [5.41, 5.74) is 4.68. The monoisotopic (exact) mass is 349 g/mol. The highest BCUT2D eigenvalue weighted by Gasteiger charge is 2.16. The second-order valence-electron chi connectivity index (χ2n) is 5.34. The van der Waals surface area contributed by atoms with Gasteiger partial charge in [0.15, 0.2) is 0 Å². The van der Waals surface area contributed by atoms with Crippen molar-refractivity contribution >= 4 is 15.9 Å². The smallest absolute Gasteiger partial charge is 0.123 e. The van der Waals surface area contributed by atoms with Gasteiger partial charge >= 0.3 is 0 Å². The van der Waals surface area contributed by atoms with Crippen molar-refractivity contribution in [1.82, 2.24) is 5.32 Å². The molecule has 112 valence electrons. The summed E-state index contributed by atoms with van der Waals surface area (Å²) in [4.78, 5) is 0. The number of likely N-dealkylation sites (N-methyl/N-ethyl adjacent to an activating group) is 1. The predicted octanol–water partition coefficient (Wildman–Crippen LogP) is 5.10. The Labute approximate surface area is 134 Å². The topological polar surface area (TPSA) is 12.0 Å². The van der Waals surface area contributed by atoms with Crippen LogP contribution in [0.25, 0.3) is 0 Å². The molecule has 1 atom stereocenters. The zero-order valence-corrected chi connectivity index (χ0v) is 14.3. The normalized spacial score (nSPS) is 12.4. The van der Waals surface area contributed by atoms with Crippen LogP contribution in [0.3, 0.4) is 0 Å². The maximum Gasteiger partial charge on any atom is 0.123 e. The van der Waals surface area contributed by atoms with Crippen LogP contribution in [0.15, 0.2) is 40.9 Å². The summed E-state index contributed by atoms with van der Waals surface area (Å²) in [5, 5.41) is 3.52. The lowest BCUT2D eigenvalue weighted by Crippen LogP contribution is -2.24. The van der Waals surface area contributed by atoms with E-state index in [4.69, 9.17) is 0 Å². The van der Waals surface area contributed by atoms with Gasteiger partial charge < -0.3 is 5.32 Å². The first-order chi connectivity index (χ1) is 10.0. The van der Waals surface area contributed by atoms with E-state index >= 15 is 0 Å². The maximum atomic E-state index is 13.5. The number of hydrogen-bond acceptors (Lipinski definition) is 1. The third-order valence-corrected chi connectivity index (χ3v) is 4.73. The van der Waals surface area contributed by atoms with Gasteiger partial charge in [0.05, 0.1) is 0 Å². The number of benzene rings is 2. The molecule has 0 radical (unpaired) electrons. The Bertz CT molecular complexity index is 625. The van der Waals surface area contributed by atoms with Gasteiger partial charge in [-0.25, -0.2) is 4.39 Å². The lowest BCUT2D eigenvalue weighted by atomic mass is 9.93. The van der Waals surface area contributed by atoms with Crippen LogP contribution in [-0.4, -0.2) is 6.54 Å². The number of halogens is 2. The minimum atomic E-state index is -0.170. The molecule has 0 aromatic heterocycles.